The molecule has 0 aliphatic carbocycles. The molecule has 1 fully saturated rings. The van der Waals surface area contributed by atoms with Crippen LogP contribution < -0.4 is 0 Å². The van der Waals surface area contributed by atoms with Crippen LogP contribution in [-0.2, 0) is 4.74 Å². The third-order valence-corrected chi connectivity index (χ3v) is 6.07. The molecule has 148 valence electrons. The van der Waals surface area contributed by atoms with Crippen LogP contribution in [0.3, 0.4) is 0 Å². The molecule has 3 heterocycles. The van der Waals surface area contributed by atoms with E-state index in [0.29, 0.717) is 37.7 Å². The van der Waals surface area contributed by atoms with Gasteiger partial charge in [0.15, 0.2) is 0 Å². The molecule has 1 N–H and O–H groups in total. The summed E-state index contributed by atoms with van der Waals surface area (Å²) in [5.74, 6) is 0.121. The smallest absolute Gasteiger partial charge is 0.409 e. The first-order valence-corrected chi connectivity index (χ1v) is 10.1. The van der Waals surface area contributed by atoms with E-state index in [2.05, 4.69) is 46.2 Å². The van der Waals surface area contributed by atoms with E-state index in [4.69, 9.17) is 4.74 Å². The maximum absolute atomic E-state index is 12.0. The number of hydrogen-bond acceptors (Lipinski definition) is 7. The van der Waals surface area contributed by atoms with Crippen molar-refractivity contribution in [2.24, 2.45) is 0 Å². The highest BCUT2D eigenvalue weighted by Crippen LogP contribution is 2.40. The number of fused-ring (bicyclic) bond motifs is 1. The topological polar surface area (TPSA) is 83.2 Å². The van der Waals surface area contributed by atoms with Gasteiger partial charge in [-0.15, -0.1) is 0 Å². The summed E-state index contributed by atoms with van der Waals surface area (Å²) in [5, 5.41) is 14.9. The predicted octanol–water partition coefficient (Wildman–Crippen LogP) is 2.67. The highest BCUT2D eigenvalue weighted by Gasteiger charge is 2.32. The fraction of sp³-hybridized carbons (Fsp3) is 0.421. The average Bonchev–Trinajstić information content (AvgIpc) is 3.28. The fourth-order valence-electron chi connectivity index (χ4n) is 3.53. The molecule has 1 aliphatic rings. The highest BCUT2D eigenvalue weighted by atomic mass is 32.1. The number of carbonyl (C=O) groups excluding carboxylic acids is 1. The molecule has 1 atom stereocenters. The largest absolute Gasteiger partial charge is 0.492 e. The van der Waals surface area contributed by atoms with Crippen molar-refractivity contribution in [2.75, 3.05) is 32.8 Å². The number of amides is 1. The van der Waals surface area contributed by atoms with Gasteiger partial charge < -0.3 is 14.7 Å². The zero-order chi connectivity index (χ0) is 19.7. The molecule has 1 saturated heterocycles. The number of benzene rings is 1. The van der Waals surface area contributed by atoms with Gasteiger partial charge in [0.25, 0.3) is 0 Å². The standard InChI is InChI=1S/C19H23N5O3S/c1-3-27-19(26)23-10-8-22(9-11-23)15(14-6-4-13(2)5-7-14)16-17(25)24-18(28-16)20-12-21-24/h4-7,12,15,25H,3,8-11H2,1-2H3. The third-order valence-electron chi connectivity index (χ3n) is 4.99. The van der Waals surface area contributed by atoms with Crippen LogP contribution >= 0.6 is 11.3 Å². The predicted molar refractivity (Wildman–Crippen MR) is 106 cm³/mol. The molecule has 0 radical (unpaired) electrons. The Morgan fingerprint density at radius 1 is 1.25 bits per heavy atom. The van der Waals surface area contributed by atoms with Gasteiger partial charge in [0, 0.05) is 26.2 Å². The van der Waals surface area contributed by atoms with Gasteiger partial charge in [-0.05, 0) is 19.4 Å². The Morgan fingerprint density at radius 3 is 2.61 bits per heavy atom. The molecule has 1 aromatic carbocycles. The minimum atomic E-state index is -0.268. The first-order chi connectivity index (χ1) is 13.6. The zero-order valence-corrected chi connectivity index (χ0v) is 16.7. The second-order valence-electron chi connectivity index (χ2n) is 6.78. The molecule has 9 heteroatoms. The summed E-state index contributed by atoms with van der Waals surface area (Å²) in [6.45, 7) is 6.78. The summed E-state index contributed by atoms with van der Waals surface area (Å²) >= 11 is 1.44. The van der Waals surface area contributed by atoms with Crippen molar-refractivity contribution in [2.45, 2.75) is 19.9 Å². The first-order valence-electron chi connectivity index (χ1n) is 9.32. The number of aromatic nitrogens is 3. The summed E-state index contributed by atoms with van der Waals surface area (Å²) in [4.78, 5) is 21.7. The molecule has 0 bridgehead atoms. The van der Waals surface area contributed by atoms with E-state index in [9.17, 15) is 9.90 Å². The van der Waals surface area contributed by atoms with Crippen molar-refractivity contribution in [3.63, 3.8) is 0 Å². The lowest BCUT2D eigenvalue weighted by atomic mass is 10.0. The lowest BCUT2D eigenvalue weighted by Crippen LogP contribution is -2.49. The van der Waals surface area contributed by atoms with Crippen LogP contribution in [0.15, 0.2) is 30.6 Å². The fourth-order valence-corrected chi connectivity index (χ4v) is 4.62. The molecular weight excluding hydrogens is 378 g/mol. The van der Waals surface area contributed by atoms with Crippen LogP contribution in [-0.4, -0.2) is 68.4 Å². The number of rotatable bonds is 4. The van der Waals surface area contributed by atoms with Crippen LogP contribution in [0.5, 0.6) is 5.88 Å². The van der Waals surface area contributed by atoms with Crippen LogP contribution in [0.2, 0.25) is 0 Å². The summed E-state index contributed by atoms with van der Waals surface area (Å²) in [5.41, 5.74) is 2.27. The first kappa shape index (κ1) is 18.7. The zero-order valence-electron chi connectivity index (χ0n) is 15.9. The van der Waals surface area contributed by atoms with Gasteiger partial charge in [-0.25, -0.2) is 9.78 Å². The number of nitrogens with zero attached hydrogens (tertiary/aromatic N) is 5. The highest BCUT2D eigenvalue weighted by molar-refractivity contribution is 7.17. The summed E-state index contributed by atoms with van der Waals surface area (Å²) in [7, 11) is 0. The number of carbonyl (C=O) groups is 1. The van der Waals surface area contributed by atoms with Crippen LogP contribution in [0.4, 0.5) is 4.79 Å². The van der Waals surface area contributed by atoms with Crippen LogP contribution in [0.1, 0.15) is 29.0 Å². The molecular formula is C19H23N5O3S. The Morgan fingerprint density at radius 2 is 1.96 bits per heavy atom. The van der Waals surface area contributed by atoms with E-state index >= 15 is 0 Å². The number of piperazine rings is 1. The molecule has 3 aromatic rings. The Kier molecular flexibility index (Phi) is 5.19. The van der Waals surface area contributed by atoms with E-state index in [-0.39, 0.29) is 18.0 Å². The van der Waals surface area contributed by atoms with Gasteiger partial charge in [-0.3, -0.25) is 4.90 Å². The molecule has 8 nitrogen and oxygen atoms in total. The number of ether oxygens (including phenoxy) is 1. The van der Waals surface area contributed by atoms with Crippen molar-refractivity contribution in [3.8, 4) is 5.88 Å². The van der Waals surface area contributed by atoms with Gasteiger partial charge in [0.05, 0.1) is 17.5 Å². The Labute approximate surface area is 167 Å². The lowest BCUT2D eigenvalue weighted by Gasteiger charge is -2.38. The quantitative estimate of drug-likeness (QED) is 0.724. The maximum Gasteiger partial charge on any atom is 0.409 e. The Bertz CT molecular complexity index is 960. The van der Waals surface area contributed by atoms with E-state index in [1.165, 1.54) is 27.7 Å². The van der Waals surface area contributed by atoms with E-state index in [0.717, 1.165) is 10.4 Å². The second-order valence-corrected chi connectivity index (χ2v) is 7.79. The molecule has 1 unspecified atom stereocenters. The monoisotopic (exact) mass is 401 g/mol. The van der Waals surface area contributed by atoms with E-state index in [1.54, 1.807) is 4.90 Å². The Hall–Kier alpha value is -2.65. The summed E-state index contributed by atoms with van der Waals surface area (Å²) in [6.07, 6.45) is 1.17. The van der Waals surface area contributed by atoms with Crippen molar-refractivity contribution < 1.29 is 14.6 Å². The molecule has 1 aliphatic heterocycles. The van der Waals surface area contributed by atoms with E-state index < -0.39 is 0 Å². The Balaban J connectivity index is 1.64. The molecule has 0 saturated carbocycles. The van der Waals surface area contributed by atoms with Crippen molar-refractivity contribution in [1.82, 2.24) is 24.4 Å². The normalized spacial score (nSPS) is 16.4. The number of aryl methyl sites for hydroxylation is 1. The maximum atomic E-state index is 12.0. The minimum absolute atomic E-state index is 0.121. The SMILES string of the molecule is CCOC(=O)N1CCN(C(c2ccc(C)cc2)c2sc3ncnn3c2O)CC1. The van der Waals surface area contributed by atoms with Gasteiger partial charge in [0.2, 0.25) is 10.8 Å². The summed E-state index contributed by atoms with van der Waals surface area (Å²) < 4.78 is 6.59. The van der Waals surface area contributed by atoms with Gasteiger partial charge in [-0.1, -0.05) is 41.2 Å². The van der Waals surface area contributed by atoms with Gasteiger partial charge in [-0.2, -0.15) is 9.61 Å². The molecule has 0 spiro atoms. The molecule has 1 amide bonds. The molecule has 28 heavy (non-hydrogen) atoms. The lowest BCUT2D eigenvalue weighted by molar-refractivity contribution is 0.0715. The average molecular weight is 401 g/mol. The summed E-state index contributed by atoms with van der Waals surface area (Å²) in [6, 6.07) is 8.20. The van der Waals surface area contributed by atoms with Crippen LogP contribution in [0, 0.1) is 6.92 Å². The van der Waals surface area contributed by atoms with Crippen molar-refractivity contribution in [1.29, 1.82) is 0 Å². The van der Waals surface area contributed by atoms with Gasteiger partial charge in [0.1, 0.15) is 6.33 Å². The number of thiazole rings is 1. The molecule has 4 rings (SSSR count). The van der Waals surface area contributed by atoms with Crippen LogP contribution in [0.25, 0.3) is 4.96 Å². The minimum Gasteiger partial charge on any atom is -0.492 e. The van der Waals surface area contributed by atoms with Gasteiger partial charge >= 0.3 is 6.09 Å². The van der Waals surface area contributed by atoms with Crippen molar-refractivity contribution >= 4 is 22.4 Å². The second kappa shape index (κ2) is 7.76. The van der Waals surface area contributed by atoms with E-state index in [1.807, 2.05) is 6.92 Å². The number of hydrogen-bond donors (Lipinski definition) is 1. The molecule has 2 aromatic heterocycles. The third kappa shape index (κ3) is 3.43. The number of aromatic hydroxyl groups is 1. The van der Waals surface area contributed by atoms with Crippen molar-refractivity contribution in [3.05, 3.63) is 46.6 Å².